The molecule has 2 aromatic rings. The number of aromatic nitrogens is 2. The molecule has 1 atom stereocenters. The first kappa shape index (κ1) is 19.5. The summed E-state index contributed by atoms with van der Waals surface area (Å²) in [7, 11) is -3.81. The molecule has 0 saturated carbocycles. The number of benzene rings is 1. The molecular formula is C17H20N4O4S. The fourth-order valence-electron chi connectivity index (χ4n) is 1.90. The summed E-state index contributed by atoms with van der Waals surface area (Å²) in [4.78, 5) is 19.7. The molecule has 0 spiro atoms. The zero-order valence-electron chi connectivity index (χ0n) is 14.3. The number of nitrogens with one attached hydrogen (secondary N) is 2. The number of carbonyl (C=O) groups excluding carboxylic acids is 1. The maximum absolute atomic E-state index is 12.3. The number of ether oxygens (including phenoxy) is 1. The lowest BCUT2D eigenvalue weighted by Gasteiger charge is -2.13. The van der Waals surface area contributed by atoms with Crippen LogP contribution in [0.5, 0.6) is 0 Å². The topological polar surface area (TPSA) is 110 Å². The lowest BCUT2D eigenvalue weighted by molar-refractivity contribution is -0.126. The van der Waals surface area contributed by atoms with Gasteiger partial charge in [0.25, 0.3) is 15.9 Å². The summed E-state index contributed by atoms with van der Waals surface area (Å²) in [6.45, 7) is 5.63. The first-order valence-electron chi connectivity index (χ1n) is 7.85. The van der Waals surface area contributed by atoms with E-state index in [0.717, 1.165) is 0 Å². The van der Waals surface area contributed by atoms with Gasteiger partial charge in [0.1, 0.15) is 6.10 Å². The highest BCUT2D eigenvalue weighted by Gasteiger charge is 2.17. The van der Waals surface area contributed by atoms with Crippen LogP contribution in [0.3, 0.4) is 0 Å². The molecule has 0 saturated heterocycles. The highest BCUT2D eigenvalue weighted by molar-refractivity contribution is 7.92. The Balaban J connectivity index is 1.99. The third-order valence-electron chi connectivity index (χ3n) is 3.28. The number of rotatable bonds is 9. The van der Waals surface area contributed by atoms with Gasteiger partial charge in [-0.1, -0.05) is 6.08 Å². The van der Waals surface area contributed by atoms with Crippen molar-refractivity contribution in [3.63, 3.8) is 0 Å². The molecule has 0 aliphatic heterocycles. The third kappa shape index (κ3) is 5.64. The summed E-state index contributed by atoms with van der Waals surface area (Å²) in [5.74, 6) is -0.337. The van der Waals surface area contributed by atoms with Crippen LogP contribution in [0.4, 0.5) is 11.6 Å². The zero-order valence-corrected chi connectivity index (χ0v) is 15.1. The Labute approximate surface area is 152 Å². The van der Waals surface area contributed by atoms with Crippen LogP contribution < -0.4 is 10.0 Å². The van der Waals surface area contributed by atoms with Crippen molar-refractivity contribution in [2.45, 2.75) is 24.3 Å². The van der Waals surface area contributed by atoms with Gasteiger partial charge in [0.15, 0.2) is 0 Å². The van der Waals surface area contributed by atoms with E-state index in [1.165, 1.54) is 36.7 Å². The molecule has 1 heterocycles. The van der Waals surface area contributed by atoms with Gasteiger partial charge in [0, 0.05) is 18.1 Å². The maximum Gasteiger partial charge on any atom is 0.264 e. The minimum absolute atomic E-state index is 0.0182. The Bertz CT molecular complexity index is 839. The Morgan fingerprint density at radius 3 is 2.54 bits per heavy atom. The number of anilines is 2. The van der Waals surface area contributed by atoms with Gasteiger partial charge in [-0.3, -0.25) is 4.79 Å². The summed E-state index contributed by atoms with van der Waals surface area (Å²) in [5.41, 5.74) is 0.462. The first-order chi connectivity index (χ1) is 12.4. The molecule has 9 heteroatoms. The van der Waals surface area contributed by atoms with E-state index < -0.39 is 16.1 Å². The van der Waals surface area contributed by atoms with Gasteiger partial charge < -0.3 is 10.1 Å². The molecule has 8 nitrogen and oxygen atoms in total. The number of amides is 1. The van der Waals surface area contributed by atoms with Crippen molar-refractivity contribution in [3.05, 3.63) is 55.4 Å². The molecular weight excluding hydrogens is 356 g/mol. The minimum atomic E-state index is -3.81. The molecule has 0 aliphatic carbocycles. The lowest BCUT2D eigenvalue weighted by Crippen LogP contribution is -2.28. The van der Waals surface area contributed by atoms with Crippen molar-refractivity contribution < 1.29 is 17.9 Å². The smallest absolute Gasteiger partial charge is 0.264 e. The van der Waals surface area contributed by atoms with Crippen LogP contribution in [0.15, 0.2) is 60.3 Å². The molecule has 0 radical (unpaired) electrons. The second kappa shape index (κ2) is 9.07. The van der Waals surface area contributed by atoms with Gasteiger partial charge in [-0.25, -0.2) is 23.1 Å². The molecule has 1 amide bonds. The van der Waals surface area contributed by atoms with Gasteiger partial charge in [-0.05, 0) is 43.7 Å². The average Bonchev–Trinajstić information content (AvgIpc) is 2.62. The molecule has 1 unspecified atom stereocenters. The third-order valence-corrected chi connectivity index (χ3v) is 4.63. The Kier molecular flexibility index (Phi) is 6.81. The van der Waals surface area contributed by atoms with Crippen molar-refractivity contribution in [1.29, 1.82) is 0 Å². The monoisotopic (exact) mass is 376 g/mol. The number of nitrogens with zero attached hydrogens (tertiary/aromatic N) is 2. The van der Waals surface area contributed by atoms with E-state index in [9.17, 15) is 13.2 Å². The van der Waals surface area contributed by atoms with Gasteiger partial charge in [0.05, 0.1) is 11.5 Å². The van der Waals surface area contributed by atoms with E-state index in [2.05, 4.69) is 26.6 Å². The second-order valence-corrected chi connectivity index (χ2v) is 6.96. The standard InChI is InChI=1S/C17H20N4O4S/c1-3-4-12-25-13(2)16(22)20-14-6-8-15(9-7-14)26(23,24)21-17-18-10-5-11-19-17/h3,5-11,13H,1,4,12H2,2H3,(H,20,22)(H,18,19,21). The largest absolute Gasteiger partial charge is 0.368 e. The Morgan fingerprint density at radius 1 is 1.27 bits per heavy atom. The van der Waals surface area contributed by atoms with E-state index in [-0.39, 0.29) is 16.8 Å². The van der Waals surface area contributed by atoms with Crippen LogP contribution in [0.2, 0.25) is 0 Å². The maximum atomic E-state index is 12.3. The molecule has 0 bridgehead atoms. The number of hydrogen-bond acceptors (Lipinski definition) is 6. The minimum Gasteiger partial charge on any atom is -0.368 e. The van der Waals surface area contributed by atoms with Crippen LogP contribution in [0, 0.1) is 0 Å². The van der Waals surface area contributed by atoms with Gasteiger partial charge in [0.2, 0.25) is 5.95 Å². The van der Waals surface area contributed by atoms with E-state index in [1.54, 1.807) is 19.1 Å². The van der Waals surface area contributed by atoms with Gasteiger partial charge in [-0.15, -0.1) is 6.58 Å². The van der Waals surface area contributed by atoms with Gasteiger partial charge in [-0.2, -0.15) is 0 Å². The zero-order chi connectivity index (χ0) is 19.0. The van der Waals surface area contributed by atoms with Crippen LogP contribution >= 0.6 is 0 Å². The summed E-state index contributed by atoms with van der Waals surface area (Å²) in [6, 6.07) is 7.33. The summed E-state index contributed by atoms with van der Waals surface area (Å²) < 4.78 is 32.2. The first-order valence-corrected chi connectivity index (χ1v) is 9.34. The van der Waals surface area contributed by atoms with Crippen molar-refractivity contribution in [1.82, 2.24) is 9.97 Å². The van der Waals surface area contributed by atoms with Crippen LogP contribution in [0.1, 0.15) is 13.3 Å². The van der Waals surface area contributed by atoms with Crippen LogP contribution in [-0.2, 0) is 19.6 Å². The van der Waals surface area contributed by atoms with Gasteiger partial charge >= 0.3 is 0 Å². The van der Waals surface area contributed by atoms with E-state index in [4.69, 9.17) is 4.74 Å². The fraction of sp³-hybridized carbons (Fsp3) is 0.235. The van der Waals surface area contributed by atoms with Crippen molar-refractivity contribution in [3.8, 4) is 0 Å². The number of hydrogen-bond donors (Lipinski definition) is 2. The number of sulfonamides is 1. The molecule has 1 aromatic heterocycles. The van der Waals surface area contributed by atoms with Crippen LogP contribution in [0.25, 0.3) is 0 Å². The molecule has 26 heavy (non-hydrogen) atoms. The highest BCUT2D eigenvalue weighted by atomic mass is 32.2. The number of carbonyl (C=O) groups is 1. The van der Waals surface area contributed by atoms with E-state index in [0.29, 0.717) is 18.7 Å². The summed E-state index contributed by atoms with van der Waals surface area (Å²) >= 11 is 0. The predicted octanol–water partition coefficient (Wildman–Crippen LogP) is 2.20. The fourth-order valence-corrected chi connectivity index (χ4v) is 2.85. The van der Waals surface area contributed by atoms with E-state index >= 15 is 0 Å². The molecule has 2 N–H and O–H groups in total. The van der Waals surface area contributed by atoms with Crippen molar-refractivity contribution >= 4 is 27.6 Å². The van der Waals surface area contributed by atoms with Crippen LogP contribution in [-0.4, -0.2) is 37.0 Å². The quantitative estimate of drug-likeness (QED) is 0.513. The molecule has 1 aromatic carbocycles. The molecule has 2 rings (SSSR count). The molecule has 138 valence electrons. The normalized spacial score (nSPS) is 12.2. The molecule has 0 fully saturated rings. The second-order valence-electron chi connectivity index (χ2n) is 5.28. The Hall–Kier alpha value is -2.78. The van der Waals surface area contributed by atoms with Crippen molar-refractivity contribution in [2.24, 2.45) is 0 Å². The predicted molar refractivity (Wildman–Crippen MR) is 98.1 cm³/mol. The Morgan fingerprint density at radius 2 is 1.92 bits per heavy atom. The SMILES string of the molecule is C=CCCOC(C)C(=O)Nc1ccc(S(=O)(=O)Nc2ncccn2)cc1. The summed E-state index contributed by atoms with van der Waals surface area (Å²) in [5, 5.41) is 2.67. The van der Waals surface area contributed by atoms with Crippen molar-refractivity contribution in [2.75, 3.05) is 16.6 Å². The average molecular weight is 376 g/mol. The summed E-state index contributed by atoms with van der Waals surface area (Å²) in [6.07, 6.45) is 4.60. The van der Waals surface area contributed by atoms with E-state index in [1.807, 2.05) is 0 Å². The lowest BCUT2D eigenvalue weighted by atomic mass is 10.3. The molecule has 0 aliphatic rings. The highest BCUT2D eigenvalue weighted by Crippen LogP contribution is 2.16.